The Morgan fingerprint density at radius 3 is 1.61 bits per heavy atom. The van der Waals surface area contributed by atoms with Gasteiger partial charge < -0.3 is 14.6 Å². The van der Waals surface area contributed by atoms with Crippen LogP contribution in [0.15, 0.2) is 70.5 Å². The molecule has 0 radical (unpaired) electrons. The maximum Gasteiger partial charge on any atom is 1.00 e. The quantitative estimate of drug-likeness (QED) is 0.154. The van der Waals surface area contributed by atoms with Gasteiger partial charge in [0.05, 0.1) is 4.90 Å². The molecule has 28 heavy (non-hydrogen) atoms. The zero-order chi connectivity index (χ0) is 17.8. The minimum Gasteiger partial charge on any atom is -0.870 e. The number of hydrogen-bond donors (Lipinski definition) is 0. The molecule has 0 spiro atoms. The van der Waals surface area contributed by atoms with E-state index in [0.717, 1.165) is 26.9 Å². The van der Waals surface area contributed by atoms with Gasteiger partial charge in [0.15, 0.2) is 0 Å². The van der Waals surface area contributed by atoms with Crippen molar-refractivity contribution >= 4 is 53.5 Å². The summed E-state index contributed by atoms with van der Waals surface area (Å²) in [6.07, 6.45) is 0. The fourth-order valence-corrected chi connectivity index (χ4v) is 3.87. The minimum absolute atomic E-state index is 0. The van der Waals surface area contributed by atoms with Crippen molar-refractivity contribution in [3.05, 3.63) is 60.7 Å². The second-order valence-corrected chi connectivity index (χ2v) is 8.08. The van der Waals surface area contributed by atoms with Crippen molar-refractivity contribution in [3.8, 4) is 0 Å². The maximum absolute atomic E-state index is 11.2. The van der Waals surface area contributed by atoms with E-state index in [9.17, 15) is 21.7 Å². The Morgan fingerprint density at radius 1 is 0.679 bits per heavy atom. The van der Waals surface area contributed by atoms with Crippen molar-refractivity contribution in [1.82, 2.24) is 0 Å². The summed E-state index contributed by atoms with van der Waals surface area (Å²) in [6.45, 7) is 0. The molecule has 1 N–H and O–H groups in total. The largest absolute Gasteiger partial charge is 1.00 e. The molecule has 0 aliphatic heterocycles. The number of hydrogen-bond acceptors (Lipinski definition) is 6. The molecule has 0 bridgehead atoms. The maximum atomic E-state index is 11.2. The van der Waals surface area contributed by atoms with Crippen molar-refractivity contribution in [3.63, 3.8) is 0 Å². The molecule has 0 aliphatic carbocycles. The third kappa shape index (κ3) is 4.69. The molecule has 0 aromatic heterocycles. The van der Waals surface area contributed by atoms with E-state index in [1.807, 2.05) is 18.2 Å². The second-order valence-electron chi connectivity index (χ2n) is 5.76. The molecule has 6 nitrogen and oxygen atoms in total. The second kappa shape index (κ2) is 9.10. The first-order valence-electron chi connectivity index (χ1n) is 7.28. The summed E-state index contributed by atoms with van der Waals surface area (Å²) in [5.41, 5.74) is 0. The molecule has 0 saturated heterocycles. The van der Waals surface area contributed by atoms with Crippen molar-refractivity contribution in [1.29, 1.82) is 0 Å². The van der Waals surface area contributed by atoms with E-state index in [-0.39, 0.29) is 53.0 Å². The topological polar surface area (TPSA) is 127 Å². The van der Waals surface area contributed by atoms with Gasteiger partial charge in [-0.15, -0.1) is 0 Å². The van der Waals surface area contributed by atoms with Crippen LogP contribution in [-0.4, -0.2) is 27.2 Å². The molecule has 134 valence electrons. The Kier molecular flexibility index (Phi) is 8.09. The van der Waals surface area contributed by atoms with Gasteiger partial charge in [-0.2, -0.15) is 0 Å². The van der Waals surface area contributed by atoms with Gasteiger partial charge in [0, 0.05) is 4.90 Å². The van der Waals surface area contributed by atoms with E-state index in [1.165, 1.54) is 12.1 Å². The van der Waals surface area contributed by atoms with Crippen molar-refractivity contribution in [2.45, 2.75) is 9.79 Å². The Hall–Kier alpha value is -1.17. The van der Waals surface area contributed by atoms with E-state index >= 15 is 0 Å². The Balaban J connectivity index is 0.00000131. The molecule has 0 amide bonds. The zero-order valence-corrected chi connectivity index (χ0v) is 16.7. The summed E-state index contributed by atoms with van der Waals surface area (Å²) in [5, 5.41) is 4.88. The molecule has 4 aromatic carbocycles. The molecule has 1 atom stereocenters. The summed E-state index contributed by atoms with van der Waals surface area (Å²) in [5.74, 6) is 0. The smallest absolute Gasteiger partial charge is 0.870 e. The van der Waals surface area contributed by atoms with Gasteiger partial charge >= 0.3 is 37.7 Å². The van der Waals surface area contributed by atoms with E-state index < -0.39 is 21.2 Å². The molecular weight excluding hydrogens is 390 g/mol. The van der Waals surface area contributed by atoms with Gasteiger partial charge in [-0.25, -0.2) is 8.42 Å². The van der Waals surface area contributed by atoms with Gasteiger partial charge in [0.2, 0.25) is 0 Å². The van der Waals surface area contributed by atoms with Crippen molar-refractivity contribution in [2.75, 3.05) is 0 Å². The molecule has 0 saturated carbocycles. The molecule has 0 fully saturated rings. The molecule has 1 unspecified atom stereocenters. The van der Waals surface area contributed by atoms with Crippen molar-refractivity contribution in [2.24, 2.45) is 0 Å². The number of fused-ring (bicyclic) bond motifs is 3. The average Bonchev–Trinajstić information content (AvgIpc) is 2.56. The monoisotopic (exact) mass is 401 g/mol. The zero-order valence-electron chi connectivity index (χ0n) is 15.1. The van der Waals surface area contributed by atoms with E-state index in [4.69, 9.17) is 0 Å². The van der Waals surface area contributed by atoms with Gasteiger partial charge in [-0.3, -0.25) is 4.21 Å². The summed E-state index contributed by atoms with van der Waals surface area (Å²) >= 11 is -2.31. The van der Waals surface area contributed by atoms with E-state index in [1.54, 1.807) is 30.3 Å². The van der Waals surface area contributed by atoms with Crippen LogP contribution in [0.2, 0.25) is 0 Å². The van der Waals surface area contributed by atoms with Gasteiger partial charge in [-0.05, 0) is 91.9 Å². The normalized spacial score (nSPS) is 12.1. The fraction of sp³-hybridized carbons (Fsp3) is 0. The fourth-order valence-electron chi connectivity index (χ4n) is 2.96. The van der Waals surface area contributed by atoms with E-state index in [2.05, 4.69) is 0 Å². The van der Waals surface area contributed by atoms with Crippen LogP contribution < -0.4 is 37.7 Å². The standard InChI is InChI=1S/C18H12O5S2.2Li.H2O/c19-24(20)17-3-1-11-5-13-6-12-2-4-18(25(21,22)23)10-16(12)8-14(13)7-15(11)9-17;;;/h1-10H,(H,19,20)(H,21,22,23);;;1H2/q;2*+1;/p-3. The van der Waals surface area contributed by atoms with Crippen LogP contribution in [0.4, 0.5) is 0 Å². The molecular formula is C18H11Li2O6S2-. The molecule has 0 aliphatic rings. The van der Waals surface area contributed by atoms with Gasteiger partial charge in [0.25, 0.3) is 0 Å². The molecule has 10 heteroatoms. The third-order valence-corrected chi connectivity index (χ3v) is 5.65. The molecule has 4 rings (SSSR count). The Bertz CT molecular complexity index is 1310. The van der Waals surface area contributed by atoms with Crippen LogP contribution in [0, 0.1) is 0 Å². The summed E-state index contributed by atoms with van der Waals surface area (Å²) in [4.78, 5) is -0.0726. The first-order valence-corrected chi connectivity index (χ1v) is 9.76. The first-order chi connectivity index (χ1) is 11.8. The van der Waals surface area contributed by atoms with Crippen LogP contribution in [0.3, 0.4) is 0 Å². The van der Waals surface area contributed by atoms with Crippen LogP contribution in [-0.2, 0) is 21.2 Å². The van der Waals surface area contributed by atoms with Crippen LogP contribution in [0.5, 0.6) is 0 Å². The SMILES string of the molecule is O=S([O-])c1ccc2cc3cc4ccc(S(=O)(=O)[O-])cc4cc3cc2c1.[Li+].[Li+].[OH-]. The minimum atomic E-state index is -4.52. The van der Waals surface area contributed by atoms with Crippen LogP contribution >= 0.6 is 0 Å². The molecule has 0 heterocycles. The van der Waals surface area contributed by atoms with E-state index in [0.29, 0.717) is 5.39 Å². The predicted molar refractivity (Wildman–Crippen MR) is 96.0 cm³/mol. The number of benzene rings is 4. The Morgan fingerprint density at radius 2 is 1.11 bits per heavy atom. The first kappa shape index (κ1) is 24.9. The van der Waals surface area contributed by atoms with Crippen LogP contribution in [0.1, 0.15) is 0 Å². The van der Waals surface area contributed by atoms with Crippen molar-refractivity contribution < 1.29 is 64.9 Å². The van der Waals surface area contributed by atoms with Gasteiger partial charge in [-0.1, -0.05) is 12.1 Å². The number of rotatable bonds is 2. The third-order valence-electron chi connectivity index (χ3n) is 4.17. The summed E-state index contributed by atoms with van der Waals surface area (Å²) in [7, 11) is -4.52. The van der Waals surface area contributed by atoms with Crippen LogP contribution in [0.25, 0.3) is 32.3 Å². The Labute approximate surface area is 188 Å². The van der Waals surface area contributed by atoms with Gasteiger partial charge in [0.1, 0.15) is 10.1 Å². The predicted octanol–water partition coefficient (Wildman–Crippen LogP) is -2.88. The summed E-state index contributed by atoms with van der Waals surface area (Å²) < 4.78 is 55.9. The average molecular weight is 401 g/mol. The summed E-state index contributed by atoms with van der Waals surface area (Å²) in [6, 6.07) is 16.6. The molecule has 4 aromatic rings.